The van der Waals surface area contributed by atoms with Gasteiger partial charge in [-0.25, -0.2) is 8.78 Å². The predicted molar refractivity (Wildman–Crippen MR) is 120 cm³/mol. The van der Waals surface area contributed by atoms with E-state index in [-0.39, 0.29) is 16.9 Å². The highest BCUT2D eigenvalue weighted by Crippen LogP contribution is 2.27. The van der Waals surface area contributed by atoms with Gasteiger partial charge in [-0.3, -0.25) is 18.6 Å². The summed E-state index contributed by atoms with van der Waals surface area (Å²) in [6.45, 7) is 6.34. The van der Waals surface area contributed by atoms with E-state index in [1.54, 1.807) is 28.0 Å². The molecule has 0 fully saturated rings. The SMILES string of the molecule is CC(C)CCn1c(=O)c2ccccc2n2c(SC(C)C(=O)c3ccc(F)c(F)c3)nnc12. The van der Waals surface area contributed by atoms with Crippen molar-refractivity contribution in [3.05, 3.63) is 70.0 Å². The number of aromatic nitrogens is 4. The molecule has 0 aliphatic heterocycles. The number of halogens is 2. The van der Waals surface area contributed by atoms with Gasteiger partial charge in [0.05, 0.1) is 16.2 Å². The van der Waals surface area contributed by atoms with Crippen LogP contribution >= 0.6 is 11.8 Å². The van der Waals surface area contributed by atoms with E-state index in [1.807, 2.05) is 12.1 Å². The zero-order chi connectivity index (χ0) is 23.0. The van der Waals surface area contributed by atoms with Crippen molar-refractivity contribution in [2.45, 2.75) is 44.1 Å². The van der Waals surface area contributed by atoms with E-state index in [1.165, 1.54) is 6.07 Å². The smallest absolute Gasteiger partial charge is 0.262 e. The van der Waals surface area contributed by atoms with Crippen LogP contribution in [0.1, 0.15) is 37.6 Å². The molecule has 9 heteroatoms. The molecule has 1 unspecified atom stereocenters. The summed E-state index contributed by atoms with van der Waals surface area (Å²) in [5, 5.41) is 8.84. The van der Waals surface area contributed by atoms with Crippen LogP contribution < -0.4 is 5.56 Å². The number of carbonyl (C=O) groups excluding carboxylic acids is 1. The molecule has 1 atom stereocenters. The van der Waals surface area contributed by atoms with Crippen LogP contribution in [0.5, 0.6) is 0 Å². The van der Waals surface area contributed by atoms with Crippen LogP contribution in [0.2, 0.25) is 0 Å². The average molecular weight is 457 g/mol. The first-order valence-corrected chi connectivity index (χ1v) is 11.2. The van der Waals surface area contributed by atoms with E-state index in [0.717, 1.165) is 30.3 Å². The maximum Gasteiger partial charge on any atom is 0.262 e. The van der Waals surface area contributed by atoms with Gasteiger partial charge in [-0.05, 0) is 49.6 Å². The van der Waals surface area contributed by atoms with Gasteiger partial charge in [0.15, 0.2) is 22.6 Å². The van der Waals surface area contributed by atoms with Gasteiger partial charge >= 0.3 is 0 Å². The molecule has 4 aromatic rings. The second-order valence-corrected chi connectivity index (χ2v) is 9.34. The molecule has 4 rings (SSSR count). The molecule has 0 aliphatic carbocycles. The highest BCUT2D eigenvalue weighted by Gasteiger charge is 2.23. The first kappa shape index (κ1) is 22.1. The molecule has 0 bridgehead atoms. The fourth-order valence-corrected chi connectivity index (χ4v) is 4.43. The number of aryl methyl sites for hydroxylation is 1. The zero-order valence-corrected chi connectivity index (χ0v) is 18.7. The lowest BCUT2D eigenvalue weighted by atomic mass is 10.1. The third-order valence-electron chi connectivity index (χ3n) is 5.26. The van der Waals surface area contributed by atoms with E-state index in [9.17, 15) is 18.4 Å². The van der Waals surface area contributed by atoms with Crippen LogP contribution in [0.15, 0.2) is 52.4 Å². The van der Waals surface area contributed by atoms with Gasteiger partial charge in [0.1, 0.15) is 0 Å². The van der Waals surface area contributed by atoms with Crippen LogP contribution in [0.25, 0.3) is 16.7 Å². The monoisotopic (exact) mass is 456 g/mol. The Hall–Kier alpha value is -3.07. The number of benzene rings is 2. The van der Waals surface area contributed by atoms with Crippen LogP contribution in [0.3, 0.4) is 0 Å². The van der Waals surface area contributed by atoms with Gasteiger partial charge < -0.3 is 0 Å². The van der Waals surface area contributed by atoms with Gasteiger partial charge in [0.2, 0.25) is 5.78 Å². The second-order valence-electron chi connectivity index (χ2n) is 8.03. The summed E-state index contributed by atoms with van der Waals surface area (Å²) in [6.07, 6.45) is 0.800. The Balaban J connectivity index is 1.77. The number of hydrogen-bond acceptors (Lipinski definition) is 5. The van der Waals surface area contributed by atoms with E-state index >= 15 is 0 Å². The number of fused-ring (bicyclic) bond motifs is 3. The molecule has 2 heterocycles. The fraction of sp³-hybridized carbons (Fsp3) is 0.304. The average Bonchev–Trinajstić information content (AvgIpc) is 3.18. The van der Waals surface area contributed by atoms with Gasteiger partial charge in [0.25, 0.3) is 5.56 Å². The first-order chi connectivity index (χ1) is 15.3. The number of rotatable bonds is 7. The van der Waals surface area contributed by atoms with E-state index in [2.05, 4.69) is 24.0 Å². The number of hydrogen-bond donors (Lipinski definition) is 0. The largest absolute Gasteiger partial charge is 0.293 e. The molecule has 0 N–H and O–H groups in total. The summed E-state index contributed by atoms with van der Waals surface area (Å²) in [7, 11) is 0. The lowest BCUT2D eigenvalue weighted by Crippen LogP contribution is -2.24. The molecule has 32 heavy (non-hydrogen) atoms. The Labute approximate surface area is 187 Å². The van der Waals surface area contributed by atoms with E-state index in [0.29, 0.717) is 34.3 Å². The Kier molecular flexibility index (Phi) is 6.10. The number of carbonyl (C=O) groups is 1. The summed E-state index contributed by atoms with van der Waals surface area (Å²) in [5.41, 5.74) is 0.591. The van der Waals surface area contributed by atoms with Crippen LogP contribution in [-0.4, -0.2) is 30.2 Å². The van der Waals surface area contributed by atoms with Crippen molar-refractivity contribution in [2.24, 2.45) is 5.92 Å². The number of Topliss-reactive ketones (excluding diaryl/α,β-unsaturated/α-hetero) is 1. The molecule has 2 aromatic heterocycles. The zero-order valence-electron chi connectivity index (χ0n) is 17.9. The highest BCUT2D eigenvalue weighted by atomic mass is 32.2. The molecule has 0 spiro atoms. The summed E-state index contributed by atoms with van der Waals surface area (Å²) in [6, 6.07) is 10.3. The molecule has 6 nitrogen and oxygen atoms in total. The van der Waals surface area contributed by atoms with Crippen molar-refractivity contribution in [3.63, 3.8) is 0 Å². The fourth-order valence-electron chi connectivity index (χ4n) is 3.49. The Morgan fingerprint density at radius 2 is 1.81 bits per heavy atom. The number of para-hydroxylation sites is 1. The Morgan fingerprint density at radius 3 is 2.53 bits per heavy atom. The minimum atomic E-state index is -1.07. The standard InChI is InChI=1S/C23H22F2N4O2S/c1-13(2)10-11-28-21(31)16-6-4-5-7-19(16)29-22(28)26-27-23(29)32-14(3)20(30)15-8-9-17(24)18(25)12-15/h4-9,12-14H,10-11H2,1-3H3. The van der Waals surface area contributed by atoms with Gasteiger partial charge in [0, 0.05) is 12.1 Å². The lowest BCUT2D eigenvalue weighted by molar-refractivity contribution is 0.0993. The number of ketones is 1. The first-order valence-electron chi connectivity index (χ1n) is 10.3. The minimum absolute atomic E-state index is 0.0800. The van der Waals surface area contributed by atoms with Crippen molar-refractivity contribution in [2.75, 3.05) is 0 Å². The number of nitrogens with zero attached hydrogens (tertiary/aromatic N) is 4. The van der Waals surface area contributed by atoms with Crippen molar-refractivity contribution in [1.29, 1.82) is 0 Å². The Bertz CT molecular complexity index is 1380. The van der Waals surface area contributed by atoms with Crippen molar-refractivity contribution >= 4 is 34.2 Å². The molecular formula is C23H22F2N4O2S. The van der Waals surface area contributed by atoms with E-state index < -0.39 is 16.9 Å². The maximum absolute atomic E-state index is 13.6. The molecule has 2 aromatic carbocycles. The summed E-state index contributed by atoms with van der Waals surface area (Å²) in [4.78, 5) is 25.9. The summed E-state index contributed by atoms with van der Waals surface area (Å²) >= 11 is 1.15. The molecular weight excluding hydrogens is 434 g/mol. The summed E-state index contributed by atoms with van der Waals surface area (Å²) in [5.74, 6) is -1.62. The highest BCUT2D eigenvalue weighted by molar-refractivity contribution is 8.00. The maximum atomic E-state index is 13.6. The third kappa shape index (κ3) is 4.04. The summed E-state index contributed by atoms with van der Waals surface area (Å²) < 4.78 is 30.2. The predicted octanol–water partition coefficient (Wildman–Crippen LogP) is 4.73. The van der Waals surface area contributed by atoms with Gasteiger partial charge in [-0.15, -0.1) is 10.2 Å². The minimum Gasteiger partial charge on any atom is -0.293 e. The van der Waals surface area contributed by atoms with Crippen LogP contribution in [-0.2, 0) is 6.54 Å². The topological polar surface area (TPSA) is 69.3 Å². The van der Waals surface area contributed by atoms with Crippen molar-refractivity contribution in [1.82, 2.24) is 19.2 Å². The molecule has 166 valence electrons. The lowest BCUT2D eigenvalue weighted by Gasteiger charge is -2.13. The molecule has 0 radical (unpaired) electrons. The van der Waals surface area contributed by atoms with Gasteiger partial charge in [-0.1, -0.05) is 37.7 Å². The number of thioether (sulfide) groups is 1. The third-order valence-corrected chi connectivity index (χ3v) is 6.31. The normalized spacial score (nSPS) is 12.7. The molecule has 0 aliphatic rings. The van der Waals surface area contributed by atoms with E-state index in [4.69, 9.17) is 0 Å². The van der Waals surface area contributed by atoms with Crippen molar-refractivity contribution in [3.8, 4) is 0 Å². The molecule has 0 saturated carbocycles. The second kappa shape index (κ2) is 8.82. The van der Waals surface area contributed by atoms with Crippen LogP contribution in [0.4, 0.5) is 8.78 Å². The van der Waals surface area contributed by atoms with Gasteiger partial charge in [-0.2, -0.15) is 0 Å². The molecule has 0 saturated heterocycles. The van der Waals surface area contributed by atoms with Crippen LogP contribution in [0, 0.1) is 17.6 Å². The van der Waals surface area contributed by atoms with Crippen molar-refractivity contribution < 1.29 is 13.6 Å². The molecule has 0 amide bonds. The quantitative estimate of drug-likeness (QED) is 0.297. The Morgan fingerprint density at radius 1 is 1.06 bits per heavy atom.